The highest BCUT2D eigenvalue weighted by Crippen LogP contribution is 2.45. The Bertz CT molecular complexity index is 4230. The molecule has 6 heteroatoms. The van der Waals surface area contributed by atoms with E-state index in [4.69, 9.17) is 23.8 Å². The number of benzene rings is 10. The molecule has 4 aromatic heterocycles. The molecule has 0 bridgehead atoms. The van der Waals surface area contributed by atoms with Crippen molar-refractivity contribution in [1.29, 1.82) is 0 Å². The number of para-hydroxylation sites is 2. The lowest BCUT2D eigenvalue weighted by Crippen LogP contribution is -2.04. The Labute approximate surface area is 358 Å². The van der Waals surface area contributed by atoms with Gasteiger partial charge in [0.15, 0.2) is 17.5 Å². The summed E-state index contributed by atoms with van der Waals surface area (Å²) >= 11 is 0. The molecule has 0 aliphatic carbocycles. The number of hydrogen-bond donors (Lipinski definition) is 0. The maximum absolute atomic E-state index is 6.96. The minimum Gasteiger partial charge on any atom is -0.456 e. The van der Waals surface area contributed by atoms with Gasteiger partial charge in [0.05, 0.1) is 22.3 Å². The van der Waals surface area contributed by atoms with Gasteiger partial charge in [0.1, 0.15) is 22.3 Å². The van der Waals surface area contributed by atoms with E-state index < -0.39 is 0 Å². The summed E-state index contributed by atoms with van der Waals surface area (Å²) in [6, 6.07) is 68.1. The molecule has 0 radical (unpaired) electrons. The topological polar surface area (TPSA) is 69.9 Å². The second-order valence-electron chi connectivity index (χ2n) is 16.3. The van der Waals surface area contributed by atoms with Gasteiger partial charge in [-0.3, -0.25) is 0 Å². The predicted octanol–water partition coefficient (Wildman–Crippen LogP) is 15.2. The summed E-state index contributed by atoms with van der Waals surface area (Å²) in [4.78, 5) is 16.2. The Morgan fingerprint density at radius 2 is 0.905 bits per heavy atom. The van der Waals surface area contributed by atoms with Gasteiger partial charge in [0, 0.05) is 43.4 Å². The van der Waals surface area contributed by atoms with E-state index in [1.165, 1.54) is 26.9 Å². The molecular weight excluding hydrogens is 773 g/mol. The molecule has 0 amide bonds. The lowest BCUT2D eigenvalue weighted by Gasteiger charge is -2.15. The Morgan fingerprint density at radius 1 is 0.333 bits per heavy atom. The molecule has 14 aromatic rings. The van der Waals surface area contributed by atoms with Crippen LogP contribution in [0.3, 0.4) is 0 Å². The fourth-order valence-electron chi connectivity index (χ4n) is 9.85. The van der Waals surface area contributed by atoms with Crippen molar-refractivity contribution in [2.45, 2.75) is 0 Å². The first-order valence-electron chi connectivity index (χ1n) is 21.2. The van der Waals surface area contributed by atoms with E-state index in [1.54, 1.807) is 0 Å². The standard InChI is InChI=1S/C57H32N4O2/c1-2-13-35-29-38(22-21-33(35)11-1)55-58-56(39-24-28-51-44(31-39)42-18-8-9-19-49(42)62-51)60-57(59-55)53-47(27-25-43-41-17-7-10-20-50(41)63-54(43)53)61-46-26-23-34-12-5-6-16-40(34)52(46)45-30-36-14-3-4-15-37(36)32-48(45)61/h1-32H. The molecular formula is C57H32N4O2. The Hall–Kier alpha value is -8.61. The summed E-state index contributed by atoms with van der Waals surface area (Å²) < 4.78 is 15.6. The highest BCUT2D eigenvalue weighted by molar-refractivity contribution is 6.24. The molecule has 10 aromatic carbocycles. The van der Waals surface area contributed by atoms with Crippen molar-refractivity contribution < 1.29 is 8.83 Å². The first-order valence-corrected chi connectivity index (χ1v) is 21.2. The van der Waals surface area contributed by atoms with Gasteiger partial charge in [-0.1, -0.05) is 127 Å². The maximum atomic E-state index is 6.96. The van der Waals surface area contributed by atoms with Crippen LogP contribution in [0.2, 0.25) is 0 Å². The quantitative estimate of drug-likeness (QED) is 0.177. The van der Waals surface area contributed by atoms with E-state index in [9.17, 15) is 0 Å². The van der Waals surface area contributed by atoms with Crippen molar-refractivity contribution in [2.75, 3.05) is 0 Å². The molecule has 63 heavy (non-hydrogen) atoms. The van der Waals surface area contributed by atoms with Crippen LogP contribution in [0.1, 0.15) is 0 Å². The number of fused-ring (bicyclic) bond motifs is 13. The third-order valence-electron chi connectivity index (χ3n) is 12.8. The van der Waals surface area contributed by atoms with Crippen LogP contribution in [-0.2, 0) is 0 Å². The van der Waals surface area contributed by atoms with Gasteiger partial charge >= 0.3 is 0 Å². The monoisotopic (exact) mass is 804 g/mol. The normalized spacial score (nSPS) is 12.1. The molecule has 4 heterocycles. The van der Waals surface area contributed by atoms with E-state index in [0.29, 0.717) is 23.1 Å². The smallest absolute Gasteiger partial charge is 0.170 e. The van der Waals surface area contributed by atoms with Gasteiger partial charge < -0.3 is 13.4 Å². The van der Waals surface area contributed by atoms with Gasteiger partial charge in [-0.15, -0.1) is 0 Å². The molecule has 0 saturated heterocycles. The molecule has 0 fully saturated rings. The van der Waals surface area contributed by atoms with Crippen molar-refractivity contribution in [3.8, 4) is 39.9 Å². The number of rotatable bonds is 4. The lowest BCUT2D eigenvalue weighted by molar-refractivity contribution is 0.669. The van der Waals surface area contributed by atoms with Gasteiger partial charge in [0.2, 0.25) is 0 Å². The molecule has 0 aliphatic rings. The van der Waals surface area contributed by atoms with Gasteiger partial charge in [-0.2, -0.15) is 0 Å². The summed E-state index contributed by atoms with van der Waals surface area (Å²) in [7, 11) is 0. The van der Waals surface area contributed by atoms with Gasteiger partial charge in [-0.05, 0) is 99.0 Å². The van der Waals surface area contributed by atoms with Crippen molar-refractivity contribution in [2.24, 2.45) is 0 Å². The van der Waals surface area contributed by atoms with Crippen LogP contribution in [0.25, 0.3) is 138 Å². The summed E-state index contributed by atoms with van der Waals surface area (Å²) in [5.74, 6) is 1.63. The molecule has 0 unspecified atom stereocenters. The minimum atomic E-state index is 0.511. The summed E-state index contributed by atoms with van der Waals surface area (Å²) in [6.45, 7) is 0. The number of furan rings is 2. The first kappa shape index (κ1) is 34.1. The molecule has 0 N–H and O–H groups in total. The zero-order valence-electron chi connectivity index (χ0n) is 33.6. The Balaban J connectivity index is 1.12. The molecule has 14 rings (SSSR count). The predicted molar refractivity (Wildman–Crippen MR) is 258 cm³/mol. The van der Waals surface area contributed by atoms with Crippen LogP contribution in [0.15, 0.2) is 203 Å². The Kier molecular flexibility index (Phi) is 7.02. The molecule has 0 saturated carbocycles. The zero-order valence-corrected chi connectivity index (χ0v) is 33.6. The zero-order chi connectivity index (χ0) is 41.2. The van der Waals surface area contributed by atoms with Gasteiger partial charge in [-0.25, -0.2) is 15.0 Å². The Morgan fingerprint density at radius 3 is 1.70 bits per heavy atom. The van der Waals surface area contributed by atoms with Crippen LogP contribution >= 0.6 is 0 Å². The first-order chi connectivity index (χ1) is 31.2. The second-order valence-corrected chi connectivity index (χ2v) is 16.3. The number of hydrogen-bond acceptors (Lipinski definition) is 5. The van der Waals surface area contributed by atoms with Crippen LogP contribution in [0.5, 0.6) is 0 Å². The van der Waals surface area contributed by atoms with Crippen LogP contribution < -0.4 is 0 Å². The van der Waals surface area contributed by atoms with Gasteiger partial charge in [0.25, 0.3) is 0 Å². The third-order valence-corrected chi connectivity index (χ3v) is 12.8. The summed E-state index contributed by atoms with van der Waals surface area (Å²) in [5.41, 5.74) is 8.75. The average Bonchev–Trinajstić information content (AvgIpc) is 4.02. The average molecular weight is 805 g/mol. The van der Waals surface area contributed by atoms with E-state index in [0.717, 1.165) is 87.9 Å². The van der Waals surface area contributed by atoms with E-state index in [-0.39, 0.29) is 0 Å². The van der Waals surface area contributed by atoms with E-state index >= 15 is 0 Å². The fraction of sp³-hybridized carbons (Fsp3) is 0. The largest absolute Gasteiger partial charge is 0.456 e. The van der Waals surface area contributed by atoms with Crippen LogP contribution in [0, 0.1) is 0 Å². The highest BCUT2D eigenvalue weighted by Gasteiger charge is 2.26. The molecule has 0 aliphatic heterocycles. The fourth-order valence-corrected chi connectivity index (χ4v) is 9.85. The third kappa shape index (κ3) is 5.09. The number of aromatic nitrogens is 4. The summed E-state index contributed by atoms with van der Waals surface area (Å²) in [6.07, 6.45) is 0. The van der Waals surface area contributed by atoms with E-state index in [2.05, 4.69) is 156 Å². The second kappa shape index (κ2) is 12.9. The van der Waals surface area contributed by atoms with E-state index in [1.807, 2.05) is 42.5 Å². The molecule has 6 nitrogen and oxygen atoms in total. The SMILES string of the molecule is c1ccc2cc(-c3nc(-c4ccc5oc6ccccc6c5c4)nc(-c4c(-n5c6cc7ccccc7cc6c6c7ccccc7ccc65)ccc5c4oc4ccccc45)n3)ccc2c1. The van der Waals surface area contributed by atoms with Crippen molar-refractivity contribution in [3.05, 3.63) is 194 Å². The van der Waals surface area contributed by atoms with Crippen LogP contribution in [-0.4, -0.2) is 19.5 Å². The van der Waals surface area contributed by atoms with Crippen LogP contribution in [0.4, 0.5) is 0 Å². The van der Waals surface area contributed by atoms with Crippen molar-refractivity contribution in [3.63, 3.8) is 0 Å². The molecule has 0 atom stereocenters. The molecule has 292 valence electrons. The lowest BCUT2D eigenvalue weighted by atomic mass is 10.0. The number of nitrogens with zero attached hydrogens (tertiary/aromatic N) is 4. The molecule has 0 spiro atoms. The minimum absolute atomic E-state index is 0.511. The maximum Gasteiger partial charge on any atom is 0.170 e. The highest BCUT2D eigenvalue weighted by atomic mass is 16.3. The van der Waals surface area contributed by atoms with Crippen molar-refractivity contribution in [1.82, 2.24) is 19.5 Å². The summed E-state index contributed by atoms with van der Waals surface area (Å²) in [5, 5.41) is 13.4. The van der Waals surface area contributed by atoms with Crippen molar-refractivity contribution >= 4 is 98.0 Å².